The van der Waals surface area contributed by atoms with Crippen LogP contribution in [-0.4, -0.2) is 34.1 Å². The smallest absolute Gasteiger partial charge is 0.321 e. The molecule has 2 heterocycles. The lowest BCUT2D eigenvalue weighted by atomic mass is 10.1. The number of benzene rings is 1. The second-order valence-corrected chi connectivity index (χ2v) is 4.13. The number of fused-ring (bicyclic) bond motifs is 1. The van der Waals surface area contributed by atoms with E-state index in [0.717, 1.165) is 16.5 Å². The molecule has 0 aliphatic rings. The third kappa shape index (κ3) is 2.23. The number of nitrogens with one attached hydrogen (secondary N) is 1. The number of anilines is 1. The van der Waals surface area contributed by atoms with Crippen LogP contribution in [0.4, 0.5) is 5.95 Å². The first kappa shape index (κ1) is 12.3. The van der Waals surface area contributed by atoms with Gasteiger partial charge in [0.15, 0.2) is 5.82 Å². The molecule has 2 aromatic heterocycles. The van der Waals surface area contributed by atoms with Gasteiger partial charge < -0.3 is 10.1 Å². The molecule has 20 heavy (non-hydrogen) atoms. The van der Waals surface area contributed by atoms with Crippen LogP contribution in [0.25, 0.3) is 22.3 Å². The van der Waals surface area contributed by atoms with Gasteiger partial charge in [-0.15, -0.1) is 0 Å². The first-order chi connectivity index (χ1) is 9.80. The second kappa shape index (κ2) is 5.08. The minimum Gasteiger partial charge on any atom is -0.467 e. The molecule has 1 aromatic carbocycles. The highest BCUT2D eigenvalue weighted by molar-refractivity contribution is 5.83. The summed E-state index contributed by atoms with van der Waals surface area (Å²) < 4.78 is 5.09. The lowest BCUT2D eigenvalue weighted by Gasteiger charge is -2.06. The first-order valence-electron chi connectivity index (χ1n) is 6.13. The molecule has 0 bridgehead atoms. The van der Waals surface area contributed by atoms with Gasteiger partial charge in [0.2, 0.25) is 5.95 Å². The summed E-state index contributed by atoms with van der Waals surface area (Å²) in [6.07, 6.45) is 1.77. The summed E-state index contributed by atoms with van der Waals surface area (Å²) in [5, 5.41) is 3.93. The predicted molar refractivity (Wildman–Crippen MR) is 76.7 cm³/mol. The minimum absolute atomic E-state index is 0.283. The number of aromatic nitrogens is 4. The zero-order valence-corrected chi connectivity index (χ0v) is 11.2. The van der Waals surface area contributed by atoms with Gasteiger partial charge in [-0.3, -0.25) is 4.98 Å². The van der Waals surface area contributed by atoms with Crippen molar-refractivity contribution in [2.24, 2.45) is 0 Å². The molecule has 0 aliphatic heterocycles. The highest BCUT2D eigenvalue weighted by Crippen LogP contribution is 2.22. The normalized spacial score (nSPS) is 10.5. The van der Waals surface area contributed by atoms with E-state index < -0.39 is 0 Å². The Balaban J connectivity index is 2.14. The number of nitrogens with zero attached hydrogens (tertiary/aromatic N) is 4. The summed E-state index contributed by atoms with van der Waals surface area (Å²) in [5.74, 6) is 1.03. The van der Waals surface area contributed by atoms with Crippen LogP contribution in [0.15, 0.2) is 36.5 Å². The Morgan fingerprint density at radius 2 is 2.00 bits per heavy atom. The quantitative estimate of drug-likeness (QED) is 0.783. The van der Waals surface area contributed by atoms with Crippen molar-refractivity contribution in [3.8, 4) is 17.4 Å². The summed E-state index contributed by atoms with van der Waals surface area (Å²) in [4.78, 5) is 17.0. The highest BCUT2D eigenvalue weighted by atomic mass is 16.5. The van der Waals surface area contributed by atoms with Gasteiger partial charge in [-0.05, 0) is 24.3 Å². The van der Waals surface area contributed by atoms with E-state index in [1.54, 1.807) is 13.2 Å². The number of ether oxygens (including phenoxy) is 1. The van der Waals surface area contributed by atoms with Crippen molar-refractivity contribution < 1.29 is 4.74 Å². The third-order valence-corrected chi connectivity index (χ3v) is 2.88. The molecule has 100 valence electrons. The van der Waals surface area contributed by atoms with Crippen LogP contribution in [0.5, 0.6) is 6.01 Å². The van der Waals surface area contributed by atoms with Crippen LogP contribution in [0.1, 0.15) is 0 Å². The fourth-order valence-corrected chi connectivity index (χ4v) is 1.90. The zero-order chi connectivity index (χ0) is 13.9. The van der Waals surface area contributed by atoms with E-state index in [4.69, 9.17) is 4.74 Å². The Morgan fingerprint density at radius 1 is 1.10 bits per heavy atom. The van der Waals surface area contributed by atoms with E-state index in [1.165, 1.54) is 7.11 Å². The maximum atomic E-state index is 5.09. The summed E-state index contributed by atoms with van der Waals surface area (Å²) in [7, 11) is 3.28. The van der Waals surface area contributed by atoms with E-state index >= 15 is 0 Å². The number of pyridine rings is 1. The van der Waals surface area contributed by atoms with Crippen LogP contribution in [-0.2, 0) is 0 Å². The van der Waals surface area contributed by atoms with Gasteiger partial charge in [0, 0.05) is 24.2 Å². The Hall–Kier alpha value is -2.76. The molecule has 0 fully saturated rings. The molecule has 0 unspecified atom stereocenters. The van der Waals surface area contributed by atoms with Gasteiger partial charge >= 0.3 is 6.01 Å². The number of rotatable bonds is 3. The fourth-order valence-electron chi connectivity index (χ4n) is 1.90. The molecule has 6 heteroatoms. The molecule has 0 saturated carbocycles. The Kier molecular flexibility index (Phi) is 3.12. The van der Waals surface area contributed by atoms with Crippen molar-refractivity contribution in [2.75, 3.05) is 19.5 Å². The average molecular weight is 267 g/mol. The standard InChI is InChI=1S/C14H13N5O/c1-15-13-17-12(18-14(19-13)20-2)10-5-6-11-9(8-10)4-3-7-16-11/h3-8H,1-2H3,(H,15,17,18,19). The van der Waals surface area contributed by atoms with Crippen LogP contribution in [0, 0.1) is 0 Å². The van der Waals surface area contributed by atoms with Gasteiger partial charge in [0.1, 0.15) is 0 Å². The highest BCUT2D eigenvalue weighted by Gasteiger charge is 2.08. The van der Waals surface area contributed by atoms with Gasteiger partial charge in [-0.1, -0.05) is 6.07 Å². The number of methoxy groups -OCH3 is 1. The van der Waals surface area contributed by atoms with E-state index in [2.05, 4.69) is 25.3 Å². The predicted octanol–water partition coefficient (Wildman–Crippen LogP) is 2.14. The Labute approximate surface area is 115 Å². The maximum absolute atomic E-state index is 5.09. The molecule has 0 saturated heterocycles. The topological polar surface area (TPSA) is 72.8 Å². The molecule has 0 aliphatic carbocycles. The lowest BCUT2D eigenvalue weighted by Crippen LogP contribution is -2.03. The second-order valence-electron chi connectivity index (χ2n) is 4.13. The van der Waals surface area contributed by atoms with Crippen molar-refractivity contribution in [1.29, 1.82) is 0 Å². The number of hydrogen-bond donors (Lipinski definition) is 1. The van der Waals surface area contributed by atoms with E-state index in [9.17, 15) is 0 Å². The zero-order valence-electron chi connectivity index (χ0n) is 11.2. The van der Waals surface area contributed by atoms with Crippen molar-refractivity contribution >= 4 is 16.9 Å². The van der Waals surface area contributed by atoms with Crippen LogP contribution >= 0.6 is 0 Å². The van der Waals surface area contributed by atoms with Crippen molar-refractivity contribution in [1.82, 2.24) is 19.9 Å². The molecule has 3 aromatic rings. The van der Waals surface area contributed by atoms with Crippen molar-refractivity contribution in [2.45, 2.75) is 0 Å². The molecule has 1 N–H and O–H groups in total. The maximum Gasteiger partial charge on any atom is 0.321 e. The van der Waals surface area contributed by atoms with E-state index in [0.29, 0.717) is 11.8 Å². The molecular formula is C14H13N5O. The molecule has 3 rings (SSSR count). The fraction of sp³-hybridized carbons (Fsp3) is 0.143. The first-order valence-corrected chi connectivity index (χ1v) is 6.13. The molecule has 0 atom stereocenters. The largest absolute Gasteiger partial charge is 0.467 e. The van der Waals surface area contributed by atoms with Crippen molar-refractivity contribution in [3.63, 3.8) is 0 Å². The summed E-state index contributed by atoms with van der Waals surface area (Å²) in [6.45, 7) is 0. The summed E-state index contributed by atoms with van der Waals surface area (Å²) >= 11 is 0. The van der Waals surface area contributed by atoms with Gasteiger partial charge in [-0.25, -0.2) is 0 Å². The van der Waals surface area contributed by atoms with E-state index in [1.807, 2.05) is 30.3 Å². The Bertz CT molecular complexity index is 737. The van der Waals surface area contributed by atoms with E-state index in [-0.39, 0.29) is 6.01 Å². The molecule has 0 amide bonds. The van der Waals surface area contributed by atoms with Gasteiger partial charge in [0.25, 0.3) is 0 Å². The van der Waals surface area contributed by atoms with Gasteiger partial charge in [0.05, 0.1) is 12.6 Å². The summed E-state index contributed by atoms with van der Waals surface area (Å²) in [6, 6.07) is 10.1. The van der Waals surface area contributed by atoms with Crippen LogP contribution in [0.2, 0.25) is 0 Å². The molecule has 6 nitrogen and oxygen atoms in total. The van der Waals surface area contributed by atoms with Gasteiger partial charge in [-0.2, -0.15) is 15.0 Å². The van der Waals surface area contributed by atoms with Crippen molar-refractivity contribution in [3.05, 3.63) is 36.5 Å². The molecule has 0 radical (unpaired) electrons. The van der Waals surface area contributed by atoms with Crippen LogP contribution < -0.4 is 10.1 Å². The Morgan fingerprint density at radius 3 is 2.80 bits per heavy atom. The average Bonchev–Trinajstić information content (AvgIpc) is 2.53. The number of hydrogen-bond acceptors (Lipinski definition) is 6. The lowest BCUT2D eigenvalue weighted by molar-refractivity contribution is 0.379. The minimum atomic E-state index is 0.283. The third-order valence-electron chi connectivity index (χ3n) is 2.88. The SMILES string of the molecule is CNc1nc(OC)nc(-c2ccc3ncccc3c2)n1. The summed E-state index contributed by atoms with van der Waals surface area (Å²) in [5.41, 5.74) is 1.83. The van der Waals surface area contributed by atoms with Crippen LogP contribution in [0.3, 0.4) is 0 Å². The molecular weight excluding hydrogens is 254 g/mol. The molecule has 0 spiro atoms. The monoisotopic (exact) mass is 267 g/mol.